The molecular weight excluding hydrogens is 318 g/mol. The standard InChI is InChI=1S/C20H19NO4/c1-25-19-13-14(5-11-18(19)23)4-10-17(22)15-6-8-16(9-7-15)21-12-2-3-20(21)24/h4-11,13,23H,2-3,12H2,1H3/b10-4+. The number of methoxy groups -OCH3 is 1. The third-order valence-electron chi connectivity index (χ3n) is 4.17. The molecule has 5 nitrogen and oxygen atoms in total. The van der Waals surface area contributed by atoms with Crippen molar-refractivity contribution in [2.45, 2.75) is 12.8 Å². The van der Waals surface area contributed by atoms with Crippen LogP contribution in [0.3, 0.4) is 0 Å². The Labute approximate surface area is 146 Å². The largest absolute Gasteiger partial charge is 0.504 e. The molecule has 2 aromatic rings. The van der Waals surface area contributed by atoms with E-state index < -0.39 is 0 Å². The number of hydrogen-bond donors (Lipinski definition) is 1. The third kappa shape index (κ3) is 3.71. The van der Waals surface area contributed by atoms with E-state index in [0.717, 1.165) is 24.2 Å². The number of nitrogens with zero attached hydrogens (tertiary/aromatic N) is 1. The van der Waals surface area contributed by atoms with Crippen LogP contribution < -0.4 is 9.64 Å². The van der Waals surface area contributed by atoms with E-state index in [4.69, 9.17) is 4.74 Å². The van der Waals surface area contributed by atoms with Gasteiger partial charge in [-0.25, -0.2) is 0 Å². The van der Waals surface area contributed by atoms with E-state index in [1.165, 1.54) is 19.3 Å². The highest BCUT2D eigenvalue weighted by molar-refractivity contribution is 6.07. The highest BCUT2D eigenvalue weighted by Crippen LogP contribution is 2.27. The fourth-order valence-corrected chi connectivity index (χ4v) is 2.79. The second-order valence-corrected chi connectivity index (χ2v) is 5.82. The number of ketones is 1. The van der Waals surface area contributed by atoms with Crippen LogP contribution in [0.4, 0.5) is 5.69 Å². The highest BCUT2D eigenvalue weighted by Gasteiger charge is 2.21. The van der Waals surface area contributed by atoms with E-state index in [2.05, 4.69) is 0 Å². The van der Waals surface area contributed by atoms with Gasteiger partial charge >= 0.3 is 0 Å². The topological polar surface area (TPSA) is 66.8 Å². The molecule has 1 aliphatic heterocycles. The van der Waals surface area contributed by atoms with Gasteiger partial charge in [-0.15, -0.1) is 0 Å². The van der Waals surface area contributed by atoms with Gasteiger partial charge in [0.05, 0.1) is 7.11 Å². The summed E-state index contributed by atoms with van der Waals surface area (Å²) < 4.78 is 5.05. The SMILES string of the molecule is COc1cc(/C=C/C(=O)c2ccc(N3CCCC3=O)cc2)ccc1O. The summed E-state index contributed by atoms with van der Waals surface area (Å²) in [4.78, 5) is 25.8. The smallest absolute Gasteiger partial charge is 0.227 e. The van der Waals surface area contributed by atoms with Crippen LogP contribution in [0, 0.1) is 0 Å². The molecule has 0 saturated carbocycles. The minimum Gasteiger partial charge on any atom is -0.504 e. The molecule has 0 radical (unpaired) electrons. The van der Waals surface area contributed by atoms with Crippen LogP contribution >= 0.6 is 0 Å². The predicted octanol–water partition coefficient (Wildman–Crippen LogP) is 3.42. The van der Waals surface area contributed by atoms with Gasteiger partial charge < -0.3 is 14.7 Å². The van der Waals surface area contributed by atoms with Crippen molar-refractivity contribution < 1.29 is 19.4 Å². The molecule has 1 N–H and O–H groups in total. The number of hydrogen-bond acceptors (Lipinski definition) is 4. The molecule has 0 spiro atoms. The first-order valence-corrected chi connectivity index (χ1v) is 8.08. The van der Waals surface area contributed by atoms with E-state index in [-0.39, 0.29) is 17.4 Å². The van der Waals surface area contributed by atoms with E-state index in [9.17, 15) is 14.7 Å². The van der Waals surface area contributed by atoms with Crippen LogP contribution in [0.2, 0.25) is 0 Å². The molecule has 128 valence electrons. The molecule has 0 bridgehead atoms. The summed E-state index contributed by atoms with van der Waals surface area (Å²) in [5, 5.41) is 9.58. The van der Waals surface area contributed by atoms with E-state index in [1.54, 1.807) is 47.4 Å². The number of ether oxygens (including phenoxy) is 1. The molecule has 3 rings (SSSR count). The van der Waals surface area contributed by atoms with Crippen molar-refractivity contribution in [2.75, 3.05) is 18.6 Å². The van der Waals surface area contributed by atoms with Gasteiger partial charge in [-0.05, 0) is 54.5 Å². The molecule has 0 unspecified atom stereocenters. The van der Waals surface area contributed by atoms with Crippen LogP contribution in [0.25, 0.3) is 6.08 Å². The maximum atomic E-state index is 12.3. The van der Waals surface area contributed by atoms with Gasteiger partial charge in [0.2, 0.25) is 5.91 Å². The highest BCUT2D eigenvalue weighted by atomic mass is 16.5. The second-order valence-electron chi connectivity index (χ2n) is 5.82. The molecule has 25 heavy (non-hydrogen) atoms. The first kappa shape index (κ1) is 16.8. The van der Waals surface area contributed by atoms with Crippen molar-refractivity contribution >= 4 is 23.5 Å². The predicted molar refractivity (Wildman–Crippen MR) is 96.1 cm³/mol. The van der Waals surface area contributed by atoms with Gasteiger partial charge in [0.15, 0.2) is 17.3 Å². The zero-order chi connectivity index (χ0) is 17.8. The van der Waals surface area contributed by atoms with Gasteiger partial charge in [0.25, 0.3) is 0 Å². The monoisotopic (exact) mass is 337 g/mol. The maximum absolute atomic E-state index is 12.3. The molecule has 1 fully saturated rings. The summed E-state index contributed by atoms with van der Waals surface area (Å²) in [7, 11) is 1.47. The first-order chi connectivity index (χ1) is 12.1. The fourth-order valence-electron chi connectivity index (χ4n) is 2.79. The van der Waals surface area contributed by atoms with Crippen molar-refractivity contribution in [3.63, 3.8) is 0 Å². The van der Waals surface area contributed by atoms with E-state index >= 15 is 0 Å². The molecule has 0 aromatic heterocycles. The van der Waals surface area contributed by atoms with Crippen molar-refractivity contribution in [3.8, 4) is 11.5 Å². The Balaban J connectivity index is 1.71. The molecular formula is C20H19NO4. The molecule has 1 saturated heterocycles. The summed E-state index contributed by atoms with van der Waals surface area (Å²) >= 11 is 0. The van der Waals surface area contributed by atoms with Gasteiger partial charge in [-0.3, -0.25) is 9.59 Å². The Morgan fingerprint density at radius 1 is 1.20 bits per heavy atom. The van der Waals surface area contributed by atoms with Crippen molar-refractivity contribution in [1.82, 2.24) is 0 Å². The molecule has 1 heterocycles. The number of rotatable bonds is 5. The van der Waals surface area contributed by atoms with Gasteiger partial charge in [-0.1, -0.05) is 12.1 Å². The third-order valence-corrected chi connectivity index (χ3v) is 4.17. The molecule has 1 aliphatic rings. The maximum Gasteiger partial charge on any atom is 0.227 e. The summed E-state index contributed by atoms with van der Waals surface area (Å²) in [6.45, 7) is 0.731. The normalized spacial score (nSPS) is 14.3. The van der Waals surface area contributed by atoms with Gasteiger partial charge in [-0.2, -0.15) is 0 Å². The molecule has 0 atom stereocenters. The van der Waals surface area contributed by atoms with Crippen LogP contribution in [0.5, 0.6) is 11.5 Å². The van der Waals surface area contributed by atoms with Gasteiger partial charge in [0, 0.05) is 24.2 Å². The Morgan fingerprint density at radius 2 is 1.96 bits per heavy atom. The Bertz CT molecular complexity index is 824. The Morgan fingerprint density at radius 3 is 2.60 bits per heavy atom. The second kappa shape index (κ2) is 7.21. The average molecular weight is 337 g/mol. The number of anilines is 1. The van der Waals surface area contributed by atoms with Crippen molar-refractivity contribution in [1.29, 1.82) is 0 Å². The zero-order valence-corrected chi connectivity index (χ0v) is 13.9. The van der Waals surface area contributed by atoms with Crippen LogP contribution in [0.1, 0.15) is 28.8 Å². The number of benzene rings is 2. The summed E-state index contributed by atoms with van der Waals surface area (Å²) in [6.07, 6.45) is 4.60. The van der Waals surface area contributed by atoms with Gasteiger partial charge in [0.1, 0.15) is 0 Å². The van der Waals surface area contributed by atoms with Crippen LogP contribution in [0.15, 0.2) is 48.5 Å². The van der Waals surface area contributed by atoms with Crippen molar-refractivity contribution in [3.05, 3.63) is 59.7 Å². The molecule has 2 aromatic carbocycles. The van der Waals surface area contributed by atoms with Crippen LogP contribution in [-0.4, -0.2) is 30.5 Å². The zero-order valence-electron chi connectivity index (χ0n) is 13.9. The minimum atomic E-state index is -0.133. The quantitative estimate of drug-likeness (QED) is 0.670. The molecule has 0 aliphatic carbocycles. The fraction of sp³-hybridized carbons (Fsp3) is 0.200. The number of carbonyl (C=O) groups excluding carboxylic acids is 2. The lowest BCUT2D eigenvalue weighted by molar-refractivity contribution is -0.117. The number of allylic oxidation sites excluding steroid dienone is 1. The van der Waals surface area contributed by atoms with Crippen LogP contribution in [-0.2, 0) is 4.79 Å². The van der Waals surface area contributed by atoms with E-state index in [1.807, 2.05) is 0 Å². The summed E-state index contributed by atoms with van der Waals surface area (Å²) in [6, 6.07) is 11.9. The lowest BCUT2D eigenvalue weighted by Gasteiger charge is -2.15. The number of phenols is 1. The first-order valence-electron chi connectivity index (χ1n) is 8.08. The average Bonchev–Trinajstić information content (AvgIpc) is 3.07. The summed E-state index contributed by atoms with van der Waals surface area (Å²) in [5.41, 5.74) is 2.13. The Hall–Kier alpha value is -3.08. The summed E-state index contributed by atoms with van der Waals surface area (Å²) in [5.74, 6) is 0.402. The lowest BCUT2D eigenvalue weighted by atomic mass is 10.1. The Kier molecular flexibility index (Phi) is 4.84. The van der Waals surface area contributed by atoms with E-state index in [0.29, 0.717) is 17.7 Å². The number of carbonyl (C=O) groups is 2. The lowest BCUT2D eigenvalue weighted by Crippen LogP contribution is -2.23. The number of phenolic OH excluding ortho intramolecular Hbond substituents is 1. The number of aromatic hydroxyl groups is 1. The molecule has 5 heteroatoms. The minimum absolute atomic E-state index is 0.0537. The van der Waals surface area contributed by atoms with Crippen molar-refractivity contribution in [2.24, 2.45) is 0 Å². The number of amides is 1. The molecule has 1 amide bonds.